The number of hydrogen-bond acceptors (Lipinski definition) is 5. The topological polar surface area (TPSA) is 115 Å². The SMILES string of the molecule is CCNC(=O)Nc1cccc2c1[nH]c1ncnc(NN3C(=O)CCCC3(C)C)c12. The van der Waals surface area contributed by atoms with Crippen LogP contribution in [0.4, 0.5) is 16.3 Å². The number of rotatable bonds is 4. The number of nitrogens with one attached hydrogen (secondary N) is 4. The second kappa shape index (κ2) is 7.23. The molecule has 4 N–H and O–H groups in total. The maximum Gasteiger partial charge on any atom is 0.319 e. The minimum absolute atomic E-state index is 0.0476. The summed E-state index contributed by atoms with van der Waals surface area (Å²) in [6.45, 7) is 6.48. The van der Waals surface area contributed by atoms with Crippen LogP contribution < -0.4 is 16.1 Å². The molecule has 3 aromatic rings. The Bertz CT molecular complexity index is 1090. The molecule has 0 bridgehead atoms. The van der Waals surface area contributed by atoms with E-state index in [2.05, 4.69) is 31.0 Å². The molecule has 0 unspecified atom stereocenters. The van der Waals surface area contributed by atoms with Gasteiger partial charge in [-0.1, -0.05) is 12.1 Å². The summed E-state index contributed by atoms with van der Waals surface area (Å²) in [7, 11) is 0. The van der Waals surface area contributed by atoms with Gasteiger partial charge < -0.3 is 15.6 Å². The molecule has 2 aromatic heterocycles. The van der Waals surface area contributed by atoms with Crippen molar-refractivity contribution in [1.82, 2.24) is 25.3 Å². The highest BCUT2D eigenvalue weighted by Crippen LogP contribution is 2.35. The van der Waals surface area contributed by atoms with E-state index in [-0.39, 0.29) is 17.5 Å². The van der Waals surface area contributed by atoms with Gasteiger partial charge in [-0.15, -0.1) is 0 Å². The molecule has 1 fully saturated rings. The minimum Gasteiger partial charge on any atom is -0.338 e. The van der Waals surface area contributed by atoms with Crippen molar-refractivity contribution in [2.24, 2.45) is 0 Å². The molecule has 152 valence electrons. The summed E-state index contributed by atoms with van der Waals surface area (Å²) in [5, 5.41) is 8.89. The van der Waals surface area contributed by atoms with Crippen LogP contribution in [-0.4, -0.2) is 44.0 Å². The first-order valence-electron chi connectivity index (χ1n) is 9.80. The van der Waals surface area contributed by atoms with Crippen LogP contribution in [0.15, 0.2) is 24.5 Å². The number of carbonyl (C=O) groups excluding carboxylic acids is 2. The lowest BCUT2D eigenvalue weighted by Crippen LogP contribution is -2.53. The van der Waals surface area contributed by atoms with Crippen LogP contribution in [0.1, 0.15) is 40.0 Å². The summed E-state index contributed by atoms with van der Waals surface area (Å²) >= 11 is 0. The number of aromatic amines is 1. The number of hydrazine groups is 1. The fraction of sp³-hybridized carbons (Fsp3) is 0.400. The number of amides is 3. The molecule has 0 atom stereocenters. The number of para-hydroxylation sites is 1. The molecule has 0 saturated carbocycles. The lowest BCUT2D eigenvalue weighted by atomic mass is 9.92. The Kier molecular flexibility index (Phi) is 4.73. The Morgan fingerprint density at radius 1 is 1.31 bits per heavy atom. The van der Waals surface area contributed by atoms with Crippen molar-refractivity contribution in [3.63, 3.8) is 0 Å². The van der Waals surface area contributed by atoms with Gasteiger partial charge in [0.1, 0.15) is 12.0 Å². The van der Waals surface area contributed by atoms with E-state index in [0.29, 0.717) is 30.1 Å². The van der Waals surface area contributed by atoms with Crippen molar-refractivity contribution in [3.8, 4) is 0 Å². The van der Waals surface area contributed by atoms with E-state index >= 15 is 0 Å². The van der Waals surface area contributed by atoms with E-state index in [1.807, 2.05) is 39.0 Å². The summed E-state index contributed by atoms with van der Waals surface area (Å²) in [5.74, 6) is 0.603. The predicted octanol–water partition coefficient (Wildman–Crippen LogP) is 3.37. The maximum absolute atomic E-state index is 12.5. The molecule has 1 aromatic carbocycles. The van der Waals surface area contributed by atoms with Crippen molar-refractivity contribution in [2.45, 2.75) is 45.6 Å². The average Bonchev–Trinajstić information content (AvgIpc) is 3.05. The van der Waals surface area contributed by atoms with Crippen LogP contribution >= 0.6 is 0 Å². The van der Waals surface area contributed by atoms with Gasteiger partial charge in [0.25, 0.3) is 0 Å². The van der Waals surface area contributed by atoms with Crippen LogP contribution in [-0.2, 0) is 4.79 Å². The number of urea groups is 1. The van der Waals surface area contributed by atoms with Crippen LogP contribution in [0.5, 0.6) is 0 Å². The molecule has 1 saturated heterocycles. The summed E-state index contributed by atoms with van der Waals surface area (Å²) in [6.07, 6.45) is 3.76. The molecule has 1 aliphatic heterocycles. The molecular formula is C20H25N7O2. The molecule has 9 heteroatoms. The number of benzene rings is 1. The number of piperidine rings is 1. The maximum atomic E-state index is 12.5. The fourth-order valence-electron chi connectivity index (χ4n) is 3.82. The van der Waals surface area contributed by atoms with Crippen LogP contribution in [0.25, 0.3) is 21.9 Å². The molecule has 0 radical (unpaired) electrons. The van der Waals surface area contributed by atoms with Gasteiger partial charge >= 0.3 is 6.03 Å². The van der Waals surface area contributed by atoms with Crippen molar-refractivity contribution < 1.29 is 9.59 Å². The van der Waals surface area contributed by atoms with E-state index in [4.69, 9.17) is 0 Å². The first-order valence-corrected chi connectivity index (χ1v) is 9.80. The summed E-state index contributed by atoms with van der Waals surface area (Å²) in [5.41, 5.74) is 4.95. The van der Waals surface area contributed by atoms with Crippen LogP contribution in [0.2, 0.25) is 0 Å². The third kappa shape index (κ3) is 3.43. The zero-order valence-corrected chi connectivity index (χ0v) is 16.8. The zero-order valence-electron chi connectivity index (χ0n) is 16.8. The van der Waals surface area contributed by atoms with Gasteiger partial charge in [-0.2, -0.15) is 0 Å². The van der Waals surface area contributed by atoms with Gasteiger partial charge in [0.15, 0.2) is 5.82 Å². The number of carbonyl (C=O) groups is 2. The van der Waals surface area contributed by atoms with Gasteiger partial charge in [0.05, 0.1) is 22.1 Å². The predicted molar refractivity (Wildman–Crippen MR) is 112 cm³/mol. The number of anilines is 2. The molecule has 29 heavy (non-hydrogen) atoms. The highest BCUT2D eigenvalue weighted by molar-refractivity contribution is 6.15. The Hall–Kier alpha value is -3.36. The lowest BCUT2D eigenvalue weighted by Gasteiger charge is -2.42. The third-order valence-corrected chi connectivity index (χ3v) is 5.26. The highest BCUT2D eigenvalue weighted by Gasteiger charge is 2.35. The van der Waals surface area contributed by atoms with Crippen LogP contribution in [0.3, 0.4) is 0 Å². The van der Waals surface area contributed by atoms with Gasteiger partial charge in [-0.05, 0) is 39.7 Å². The van der Waals surface area contributed by atoms with Gasteiger partial charge in [-0.25, -0.2) is 19.8 Å². The second-order valence-corrected chi connectivity index (χ2v) is 7.79. The molecule has 0 spiro atoms. The quantitative estimate of drug-likeness (QED) is 0.541. The number of fused-ring (bicyclic) bond motifs is 3. The summed E-state index contributed by atoms with van der Waals surface area (Å²) in [6, 6.07) is 5.35. The Labute approximate surface area is 168 Å². The van der Waals surface area contributed by atoms with Crippen LogP contribution in [0, 0.1) is 0 Å². The summed E-state index contributed by atoms with van der Waals surface area (Å²) < 4.78 is 0. The first kappa shape index (κ1) is 19.0. The molecule has 3 heterocycles. The first-order chi connectivity index (χ1) is 13.9. The van der Waals surface area contributed by atoms with E-state index in [1.54, 1.807) is 5.01 Å². The fourth-order valence-corrected chi connectivity index (χ4v) is 3.82. The minimum atomic E-state index is -0.316. The standard InChI is InChI=1S/C20H25N7O2/c1-4-21-19(29)24-13-8-5-7-12-15-17(25-16(12)13)22-11-23-18(15)26-27-14(28)9-6-10-20(27,2)3/h5,7-8,11H,4,6,9-10H2,1-3H3,(H2,21,24,29)(H2,22,23,25,26). The van der Waals surface area contributed by atoms with Crippen molar-refractivity contribution in [1.29, 1.82) is 0 Å². The molecule has 3 amide bonds. The zero-order chi connectivity index (χ0) is 20.6. The number of nitrogens with zero attached hydrogens (tertiary/aromatic N) is 3. The summed E-state index contributed by atoms with van der Waals surface area (Å²) in [4.78, 5) is 36.6. The van der Waals surface area contributed by atoms with Crippen molar-refractivity contribution in [2.75, 3.05) is 17.3 Å². The highest BCUT2D eigenvalue weighted by atomic mass is 16.2. The Balaban J connectivity index is 1.78. The Morgan fingerprint density at radius 3 is 2.90 bits per heavy atom. The third-order valence-electron chi connectivity index (χ3n) is 5.26. The van der Waals surface area contributed by atoms with E-state index < -0.39 is 0 Å². The average molecular weight is 395 g/mol. The number of aromatic nitrogens is 3. The van der Waals surface area contributed by atoms with Gasteiger partial charge in [-0.3, -0.25) is 10.2 Å². The van der Waals surface area contributed by atoms with E-state index in [1.165, 1.54) is 6.33 Å². The lowest BCUT2D eigenvalue weighted by molar-refractivity contribution is -0.138. The normalized spacial score (nSPS) is 16.2. The smallest absolute Gasteiger partial charge is 0.319 e. The molecule has 0 aliphatic carbocycles. The Morgan fingerprint density at radius 2 is 2.14 bits per heavy atom. The molecule has 1 aliphatic rings. The molecular weight excluding hydrogens is 370 g/mol. The van der Waals surface area contributed by atoms with Crippen molar-refractivity contribution in [3.05, 3.63) is 24.5 Å². The largest absolute Gasteiger partial charge is 0.338 e. The van der Waals surface area contributed by atoms with E-state index in [0.717, 1.165) is 29.1 Å². The molecule has 4 rings (SSSR count). The monoisotopic (exact) mass is 395 g/mol. The van der Waals surface area contributed by atoms with Gasteiger partial charge in [0, 0.05) is 18.4 Å². The van der Waals surface area contributed by atoms with E-state index in [9.17, 15) is 9.59 Å². The second-order valence-electron chi connectivity index (χ2n) is 7.79. The number of hydrogen-bond donors (Lipinski definition) is 4. The van der Waals surface area contributed by atoms with Gasteiger partial charge in [0.2, 0.25) is 5.91 Å². The molecule has 9 nitrogen and oxygen atoms in total. The van der Waals surface area contributed by atoms with Crippen molar-refractivity contribution >= 4 is 45.4 Å². The number of H-pyrrole nitrogens is 1.